The maximum atomic E-state index is 6.09. The minimum Gasteiger partial charge on any atom is -0.398 e. The quantitative estimate of drug-likeness (QED) is 0.431. The summed E-state index contributed by atoms with van der Waals surface area (Å²) in [6.07, 6.45) is 0. The number of nitrogen functional groups attached to an aromatic ring is 6. The summed E-state index contributed by atoms with van der Waals surface area (Å²) in [7, 11) is 0. The van der Waals surface area contributed by atoms with Gasteiger partial charge in [0.05, 0.1) is 22.7 Å². The first-order valence-corrected chi connectivity index (χ1v) is 6.14. The van der Waals surface area contributed by atoms with Crippen LogP contribution in [0.4, 0.5) is 34.1 Å². The van der Waals surface area contributed by atoms with Crippen molar-refractivity contribution in [3.8, 4) is 11.1 Å². The van der Waals surface area contributed by atoms with E-state index in [9.17, 15) is 0 Å². The molecule has 2 aromatic carbocycles. The van der Waals surface area contributed by atoms with Crippen molar-refractivity contribution < 1.29 is 0 Å². The van der Waals surface area contributed by atoms with Gasteiger partial charge in [-0.1, -0.05) is 0 Å². The van der Waals surface area contributed by atoms with Gasteiger partial charge in [0.25, 0.3) is 0 Å². The first kappa shape index (κ1) is 13.7. The number of hydrogen-bond acceptors (Lipinski definition) is 6. The normalized spacial score (nSPS) is 10.7. The lowest BCUT2D eigenvalue weighted by molar-refractivity contribution is 1.44. The van der Waals surface area contributed by atoms with Gasteiger partial charge in [-0.05, 0) is 37.1 Å². The number of aryl methyl sites for hydroxylation is 2. The Labute approximate surface area is 117 Å². The second-order valence-corrected chi connectivity index (χ2v) is 4.97. The Morgan fingerprint density at radius 3 is 1.15 bits per heavy atom. The zero-order chi connectivity index (χ0) is 15.2. The fraction of sp³-hybridized carbons (Fsp3) is 0.143. The van der Waals surface area contributed by atoms with E-state index in [4.69, 9.17) is 34.4 Å². The SMILES string of the molecule is Cc1cc(N)c(-c2c(N)cc(C)c(N)c2N)c(N)c1N. The fourth-order valence-corrected chi connectivity index (χ4v) is 2.33. The van der Waals surface area contributed by atoms with Gasteiger partial charge in [-0.2, -0.15) is 0 Å². The Morgan fingerprint density at radius 2 is 0.850 bits per heavy atom. The molecule has 0 atom stereocenters. The molecule has 0 amide bonds. The number of benzene rings is 2. The smallest absolute Gasteiger partial charge is 0.0652 e. The second-order valence-electron chi connectivity index (χ2n) is 4.97. The molecular formula is C14H20N6. The van der Waals surface area contributed by atoms with Crippen molar-refractivity contribution in [2.75, 3.05) is 34.4 Å². The van der Waals surface area contributed by atoms with Crippen molar-refractivity contribution >= 4 is 34.1 Å². The van der Waals surface area contributed by atoms with Gasteiger partial charge in [0.15, 0.2) is 0 Å². The van der Waals surface area contributed by atoms with E-state index in [1.54, 1.807) is 12.1 Å². The largest absolute Gasteiger partial charge is 0.398 e. The van der Waals surface area contributed by atoms with Crippen LogP contribution >= 0.6 is 0 Å². The zero-order valence-electron chi connectivity index (χ0n) is 11.6. The topological polar surface area (TPSA) is 156 Å². The van der Waals surface area contributed by atoms with Crippen molar-refractivity contribution in [2.45, 2.75) is 13.8 Å². The Kier molecular flexibility index (Phi) is 3.01. The summed E-state index contributed by atoms with van der Waals surface area (Å²) in [5, 5.41) is 0. The lowest BCUT2D eigenvalue weighted by Gasteiger charge is -2.19. The predicted octanol–water partition coefficient (Wildman–Crippen LogP) is 1.46. The first-order valence-electron chi connectivity index (χ1n) is 6.14. The first-order chi connectivity index (χ1) is 9.25. The molecule has 0 aliphatic carbocycles. The number of hydrogen-bond donors (Lipinski definition) is 6. The van der Waals surface area contributed by atoms with Gasteiger partial charge in [-0.25, -0.2) is 0 Å². The molecule has 106 valence electrons. The molecule has 0 bridgehead atoms. The van der Waals surface area contributed by atoms with E-state index in [2.05, 4.69) is 0 Å². The van der Waals surface area contributed by atoms with Crippen molar-refractivity contribution in [2.24, 2.45) is 0 Å². The highest BCUT2D eigenvalue weighted by molar-refractivity contribution is 6.04. The molecule has 0 unspecified atom stereocenters. The molecule has 12 N–H and O–H groups in total. The lowest BCUT2D eigenvalue weighted by Crippen LogP contribution is -2.08. The van der Waals surface area contributed by atoms with Crippen LogP contribution in [0.2, 0.25) is 0 Å². The van der Waals surface area contributed by atoms with Crippen LogP contribution in [0.25, 0.3) is 11.1 Å². The molecule has 0 fully saturated rings. The van der Waals surface area contributed by atoms with Gasteiger partial charge < -0.3 is 34.4 Å². The summed E-state index contributed by atoms with van der Waals surface area (Å²) >= 11 is 0. The highest BCUT2D eigenvalue weighted by Crippen LogP contribution is 2.45. The van der Waals surface area contributed by atoms with Crippen molar-refractivity contribution in [1.29, 1.82) is 0 Å². The third-order valence-electron chi connectivity index (χ3n) is 3.54. The highest BCUT2D eigenvalue weighted by atomic mass is 14.7. The maximum Gasteiger partial charge on any atom is 0.0652 e. The molecule has 0 aliphatic heterocycles. The molecular weight excluding hydrogens is 252 g/mol. The van der Waals surface area contributed by atoms with Crippen LogP contribution < -0.4 is 34.4 Å². The third-order valence-corrected chi connectivity index (χ3v) is 3.54. The summed E-state index contributed by atoms with van der Waals surface area (Å²) in [5.74, 6) is 0. The van der Waals surface area contributed by atoms with Gasteiger partial charge in [-0.3, -0.25) is 0 Å². The van der Waals surface area contributed by atoms with E-state index >= 15 is 0 Å². The van der Waals surface area contributed by atoms with Crippen LogP contribution in [-0.4, -0.2) is 0 Å². The van der Waals surface area contributed by atoms with E-state index in [0.717, 1.165) is 11.1 Å². The molecule has 6 heteroatoms. The Balaban J connectivity index is 2.90. The van der Waals surface area contributed by atoms with Gasteiger partial charge in [0.2, 0.25) is 0 Å². The Bertz CT molecular complexity index is 644. The van der Waals surface area contributed by atoms with Gasteiger partial charge in [0, 0.05) is 22.5 Å². The van der Waals surface area contributed by atoms with Gasteiger partial charge >= 0.3 is 0 Å². The van der Waals surface area contributed by atoms with Gasteiger partial charge in [0.1, 0.15) is 0 Å². The average Bonchev–Trinajstić information content (AvgIpc) is 2.37. The van der Waals surface area contributed by atoms with Gasteiger partial charge in [-0.15, -0.1) is 0 Å². The minimum absolute atomic E-state index is 0.365. The van der Waals surface area contributed by atoms with Crippen LogP contribution in [0.5, 0.6) is 0 Å². The molecule has 2 rings (SSSR count). The summed E-state index contributed by atoms with van der Waals surface area (Å²) in [6.45, 7) is 3.67. The van der Waals surface area contributed by atoms with Crippen molar-refractivity contribution in [3.63, 3.8) is 0 Å². The Morgan fingerprint density at radius 1 is 0.550 bits per heavy atom. The molecule has 0 aromatic heterocycles. The fourth-order valence-electron chi connectivity index (χ4n) is 2.33. The van der Waals surface area contributed by atoms with Crippen LogP contribution in [0, 0.1) is 13.8 Å². The summed E-state index contributed by atoms with van der Waals surface area (Å²) in [5.41, 5.74) is 41.5. The molecule has 2 aromatic rings. The average molecular weight is 272 g/mol. The van der Waals surface area contributed by atoms with Crippen LogP contribution in [0.1, 0.15) is 11.1 Å². The van der Waals surface area contributed by atoms with E-state index in [0.29, 0.717) is 45.3 Å². The summed E-state index contributed by atoms with van der Waals surface area (Å²) in [6, 6.07) is 3.49. The Hall–Kier alpha value is -2.76. The molecule has 0 saturated carbocycles. The molecule has 0 heterocycles. The molecule has 6 nitrogen and oxygen atoms in total. The molecule has 0 saturated heterocycles. The van der Waals surface area contributed by atoms with Crippen LogP contribution in [0.3, 0.4) is 0 Å². The van der Waals surface area contributed by atoms with Crippen LogP contribution in [0.15, 0.2) is 12.1 Å². The van der Waals surface area contributed by atoms with E-state index in [1.165, 1.54) is 0 Å². The molecule has 20 heavy (non-hydrogen) atoms. The number of nitrogens with two attached hydrogens (primary N) is 6. The van der Waals surface area contributed by atoms with E-state index in [1.807, 2.05) is 13.8 Å². The number of anilines is 6. The van der Waals surface area contributed by atoms with Crippen molar-refractivity contribution in [1.82, 2.24) is 0 Å². The molecule has 0 spiro atoms. The van der Waals surface area contributed by atoms with E-state index in [-0.39, 0.29) is 0 Å². The van der Waals surface area contributed by atoms with E-state index < -0.39 is 0 Å². The van der Waals surface area contributed by atoms with Crippen molar-refractivity contribution in [3.05, 3.63) is 23.3 Å². The summed E-state index contributed by atoms with van der Waals surface area (Å²) in [4.78, 5) is 0. The number of rotatable bonds is 1. The minimum atomic E-state index is 0.365. The highest BCUT2D eigenvalue weighted by Gasteiger charge is 2.19. The van der Waals surface area contributed by atoms with Crippen LogP contribution in [-0.2, 0) is 0 Å². The zero-order valence-corrected chi connectivity index (χ0v) is 11.6. The predicted molar refractivity (Wildman–Crippen MR) is 87.8 cm³/mol. The third kappa shape index (κ3) is 1.82. The summed E-state index contributed by atoms with van der Waals surface area (Å²) < 4.78 is 0. The molecule has 0 radical (unpaired) electrons. The monoisotopic (exact) mass is 272 g/mol. The second kappa shape index (κ2) is 4.41. The maximum absolute atomic E-state index is 6.09. The molecule has 0 aliphatic rings. The standard InChI is InChI=1S/C14H20N6/c1-5-3-7(15)9(13(19)11(5)17)10-8(16)4-6(2)12(18)14(10)20/h3-4H,15-20H2,1-2H3. The lowest BCUT2D eigenvalue weighted by atomic mass is 9.93.